The van der Waals surface area contributed by atoms with Gasteiger partial charge in [0.05, 0.1) is 0 Å². The molecule has 2 bridgehead atoms. The van der Waals surface area contributed by atoms with Gasteiger partial charge in [0, 0.05) is 29.8 Å². The zero-order valence-corrected chi connectivity index (χ0v) is 10.1. The number of likely N-dealkylation sites (tertiary alicyclic amines) is 1. The summed E-state index contributed by atoms with van der Waals surface area (Å²) in [5, 5.41) is 0.749. The summed E-state index contributed by atoms with van der Waals surface area (Å²) in [6.45, 7) is 2.27. The van der Waals surface area contributed by atoms with E-state index < -0.39 is 0 Å². The number of hydrogen-bond acceptors (Lipinski definition) is 2. The van der Waals surface area contributed by atoms with Crippen molar-refractivity contribution in [3.05, 3.63) is 28.8 Å². The van der Waals surface area contributed by atoms with Gasteiger partial charge in [0.15, 0.2) is 0 Å². The van der Waals surface area contributed by atoms with Gasteiger partial charge in [-0.1, -0.05) is 11.6 Å². The van der Waals surface area contributed by atoms with E-state index in [1.165, 1.54) is 31.4 Å². The number of nitrogen functional groups attached to an aromatic ring is 1. The van der Waals surface area contributed by atoms with Crippen molar-refractivity contribution in [3.8, 4) is 0 Å². The SMILES string of the molecule is Nc1cc(Cl)cc(CN2CC3CCC2C3)c1. The van der Waals surface area contributed by atoms with E-state index in [0.717, 1.165) is 29.2 Å². The van der Waals surface area contributed by atoms with E-state index in [9.17, 15) is 0 Å². The maximum atomic E-state index is 6.02. The van der Waals surface area contributed by atoms with Crippen LogP contribution in [0.3, 0.4) is 0 Å². The van der Waals surface area contributed by atoms with Gasteiger partial charge in [-0.05, 0) is 48.9 Å². The monoisotopic (exact) mass is 236 g/mol. The highest BCUT2D eigenvalue weighted by molar-refractivity contribution is 6.30. The minimum atomic E-state index is 0.749. The first kappa shape index (κ1) is 10.4. The Hall–Kier alpha value is -0.730. The van der Waals surface area contributed by atoms with Crippen LogP contribution in [0.5, 0.6) is 0 Å². The molecule has 1 aromatic rings. The maximum Gasteiger partial charge on any atom is 0.0429 e. The van der Waals surface area contributed by atoms with Crippen LogP contribution in [0, 0.1) is 5.92 Å². The van der Waals surface area contributed by atoms with Crippen molar-refractivity contribution >= 4 is 17.3 Å². The van der Waals surface area contributed by atoms with Crippen LogP contribution < -0.4 is 5.73 Å². The highest BCUT2D eigenvalue weighted by Gasteiger charge is 2.37. The molecule has 86 valence electrons. The van der Waals surface area contributed by atoms with E-state index in [-0.39, 0.29) is 0 Å². The summed E-state index contributed by atoms with van der Waals surface area (Å²) in [7, 11) is 0. The van der Waals surface area contributed by atoms with E-state index in [4.69, 9.17) is 17.3 Å². The lowest BCUT2D eigenvalue weighted by molar-refractivity contribution is 0.205. The molecule has 1 aromatic carbocycles. The molecule has 0 amide bonds. The molecule has 0 radical (unpaired) electrons. The van der Waals surface area contributed by atoms with Crippen LogP contribution >= 0.6 is 11.6 Å². The second kappa shape index (κ2) is 3.94. The fourth-order valence-electron chi connectivity index (χ4n) is 3.22. The van der Waals surface area contributed by atoms with Gasteiger partial charge in [0.25, 0.3) is 0 Å². The van der Waals surface area contributed by atoms with E-state index in [0.29, 0.717) is 0 Å². The van der Waals surface area contributed by atoms with Gasteiger partial charge in [0.2, 0.25) is 0 Å². The van der Waals surface area contributed by atoms with E-state index in [2.05, 4.69) is 4.90 Å². The summed E-state index contributed by atoms with van der Waals surface area (Å²) in [4.78, 5) is 2.58. The fourth-order valence-corrected chi connectivity index (χ4v) is 3.49. The molecule has 1 aliphatic carbocycles. The zero-order chi connectivity index (χ0) is 11.1. The molecule has 0 aromatic heterocycles. The minimum absolute atomic E-state index is 0.749. The third kappa shape index (κ3) is 1.92. The van der Waals surface area contributed by atoms with Gasteiger partial charge in [0.1, 0.15) is 0 Å². The first-order chi connectivity index (χ1) is 7.70. The molecule has 2 unspecified atom stereocenters. The predicted octanol–water partition coefficient (Wildman–Crippen LogP) is 2.91. The molecule has 1 saturated heterocycles. The van der Waals surface area contributed by atoms with Crippen LogP contribution in [0.25, 0.3) is 0 Å². The van der Waals surface area contributed by atoms with Gasteiger partial charge in [-0.15, -0.1) is 0 Å². The normalized spacial score (nSPS) is 28.8. The lowest BCUT2D eigenvalue weighted by atomic mass is 10.1. The van der Waals surface area contributed by atoms with Crippen LogP contribution in [0.2, 0.25) is 5.02 Å². The number of benzene rings is 1. The van der Waals surface area contributed by atoms with Gasteiger partial charge in [-0.25, -0.2) is 0 Å². The Morgan fingerprint density at radius 3 is 2.81 bits per heavy atom. The number of nitrogens with two attached hydrogens (primary N) is 1. The van der Waals surface area contributed by atoms with Crippen molar-refractivity contribution in [2.45, 2.75) is 31.8 Å². The fraction of sp³-hybridized carbons (Fsp3) is 0.538. The lowest BCUT2D eigenvalue weighted by Gasteiger charge is -2.26. The Balaban J connectivity index is 1.74. The molecule has 2 nitrogen and oxygen atoms in total. The van der Waals surface area contributed by atoms with Crippen molar-refractivity contribution in [1.82, 2.24) is 4.90 Å². The third-order valence-electron chi connectivity index (χ3n) is 3.89. The van der Waals surface area contributed by atoms with Crippen molar-refractivity contribution in [3.63, 3.8) is 0 Å². The quantitative estimate of drug-likeness (QED) is 0.801. The molecule has 3 heteroatoms. The molecule has 2 atom stereocenters. The lowest BCUT2D eigenvalue weighted by Crippen LogP contribution is -2.31. The van der Waals surface area contributed by atoms with E-state index in [1.807, 2.05) is 12.1 Å². The van der Waals surface area contributed by atoms with Crippen LogP contribution in [-0.4, -0.2) is 17.5 Å². The average molecular weight is 237 g/mol. The highest BCUT2D eigenvalue weighted by atomic mass is 35.5. The van der Waals surface area contributed by atoms with Gasteiger partial charge in [-0.3, -0.25) is 4.90 Å². The average Bonchev–Trinajstić information content (AvgIpc) is 2.77. The number of nitrogens with zero attached hydrogens (tertiary/aromatic N) is 1. The smallest absolute Gasteiger partial charge is 0.0429 e. The number of piperidine rings is 1. The summed E-state index contributed by atoms with van der Waals surface area (Å²) >= 11 is 6.02. The van der Waals surface area contributed by atoms with Crippen LogP contribution in [0.1, 0.15) is 24.8 Å². The largest absolute Gasteiger partial charge is 0.399 e. The molecule has 16 heavy (non-hydrogen) atoms. The molecule has 2 aliphatic rings. The highest BCUT2D eigenvalue weighted by Crippen LogP contribution is 2.38. The number of fused-ring (bicyclic) bond motifs is 2. The Morgan fingerprint density at radius 1 is 1.31 bits per heavy atom. The standard InChI is InChI=1S/C13H17ClN2/c14-11-3-10(4-12(15)6-11)8-16-7-9-1-2-13(16)5-9/h3-4,6,9,13H,1-2,5,7-8,15H2. The Labute approximate surface area is 101 Å². The zero-order valence-electron chi connectivity index (χ0n) is 9.32. The predicted molar refractivity (Wildman–Crippen MR) is 67.4 cm³/mol. The summed E-state index contributed by atoms with van der Waals surface area (Å²) < 4.78 is 0. The van der Waals surface area contributed by atoms with E-state index >= 15 is 0 Å². The molecule has 2 N–H and O–H groups in total. The molecule has 0 spiro atoms. The van der Waals surface area contributed by atoms with Crippen molar-refractivity contribution in [2.75, 3.05) is 12.3 Å². The molecular formula is C13H17ClN2. The minimum Gasteiger partial charge on any atom is -0.399 e. The summed E-state index contributed by atoms with van der Waals surface area (Å²) in [5.74, 6) is 0.946. The van der Waals surface area contributed by atoms with Gasteiger partial charge >= 0.3 is 0 Å². The third-order valence-corrected chi connectivity index (χ3v) is 4.11. The first-order valence-corrected chi connectivity index (χ1v) is 6.37. The Morgan fingerprint density at radius 2 is 2.19 bits per heavy atom. The Kier molecular flexibility index (Phi) is 2.56. The van der Waals surface area contributed by atoms with Crippen LogP contribution in [0.15, 0.2) is 18.2 Å². The van der Waals surface area contributed by atoms with Crippen molar-refractivity contribution in [1.29, 1.82) is 0 Å². The number of hydrogen-bond donors (Lipinski definition) is 1. The number of anilines is 1. The summed E-state index contributed by atoms with van der Waals surface area (Å²) in [6, 6.07) is 6.69. The molecular weight excluding hydrogens is 220 g/mol. The second-order valence-electron chi connectivity index (χ2n) is 5.16. The summed E-state index contributed by atoms with van der Waals surface area (Å²) in [5.41, 5.74) is 7.82. The maximum absolute atomic E-state index is 6.02. The molecule has 1 heterocycles. The Bertz CT molecular complexity index is 385. The van der Waals surface area contributed by atoms with Gasteiger partial charge < -0.3 is 5.73 Å². The van der Waals surface area contributed by atoms with Crippen molar-refractivity contribution < 1.29 is 0 Å². The molecule has 3 rings (SSSR count). The van der Waals surface area contributed by atoms with Crippen LogP contribution in [0.4, 0.5) is 5.69 Å². The summed E-state index contributed by atoms with van der Waals surface area (Å²) in [6.07, 6.45) is 4.20. The van der Waals surface area contributed by atoms with Crippen molar-refractivity contribution in [2.24, 2.45) is 5.92 Å². The number of halogens is 1. The topological polar surface area (TPSA) is 29.3 Å². The second-order valence-corrected chi connectivity index (χ2v) is 5.59. The number of rotatable bonds is 2. The molecule has 2 fully saturated rings. The molecule has 1 saturated carbocycles. The van der Waals surface area contributed by atoms with Crippen LogP contribution in [-0.2, 0) is 6.54 Å². The first-order valence-electron chi connectivity index (χ1n) is 6.00. The molecule has 1 aliphatic heterocycles. The van der Waals surface area contributed by atoms with Gasteiger partial charge in [-0.2, -0.15) is 0 Å². The van der Waals surface area contributed by atoms with E-state index in [1.54, 1.807) is 6.07 Å².